The summed E-state index contributed by atoms with van der Waals surface area (Å²) in [7, 11) is 0. The van der Waals surface area contributed by atoms with Gasteiger partial charge >= 0.3 is 0 Å². The minimum absolute atomic E-state index is 0.490. The fourth-order valence-electron chi connectivity index (χ4n) is 9.44. The second kappa shape index (κ2) is 11.1. The Morgan fingerprint density at radius 3 is 2.39 bits per heavy atom. The van der Waals surface area contributed by atoms with Gasteiger partial charge in [-0.1, -0.05) is 119 Å². The Kier molecular flexibility index (Phi) is 7.01. The fraction of sp³-hybridized carbons (Fsp3) is 0.364. The molecule has 2 aromatic carbocycles. The van der Waals surface area contributed by atoms with E-state index in [9.17, 15) is 0 Å². The standard InChI is InChI=1S/C44H46/c1-27(2)42-38-23-22-32(25-41(38)43(28(3)4)44-35-14-8-5-11-30(35)21-24-39(42)44)29-17-19-31(20-18-29)40-26-33-12-6-7-13-34(33)36-15-9-10-16-37(36)40/h5-8,11-12,14-17,19,21,24-28,34,38,42H,9-10,13,18,20,22-23H2,1-4H3. The summed E-state index contributed by atoms with van der Waals surface area (Å²) in [6.07, 6.45) is 30.4. The molecule has 0 aromatic heterocycles. The lowest BCUT2D eigenvalue weighted by atomic mass is 9.61. The first-order chi connectivity index (χ1) is 21.5. The molecule has 0 spiro atoms. The molecule has 0 heterocycles. The maximum atomic E-state index is 2.67. The average Bonchev–Trinajstić information content (AvgIpc) is 3.06. The van der Waals surface area contributed by atoms with E-state index in [0.717, 1.165) is 19.3 Å². The van der Waals surface area contributed by atoms with E-state index < -0.39 is 0 Å². The number of allylic oxidation sites excluding steroid dienone is 18. The second-order valence-electron chi connectivity index (χ2n) is 14.5. The van der Waals surface area contributed by atoms with Gasteiger partial charge in [0, 0.05) is 5.92 Å². The maximum absolute atomic E-state index is 2.67. The highest BCUT2D eigenvalue weighted by Gasteiger charge is 2.39. The zero-order chi connectivity index (χ0) is 29.9. The quantitative estimate of drug-likeness (QED) is 0.341. The Balaban J connectivity index is 1.21. The molecule has 8 rings (SSSR count). The third-order valence-corrected chi connectivity index (χ3v) is 11.4. The van der Waals surface area contributed by atoms with Crippen LogP contribution in [0.1, 0.15) is 89.7 Å². The molecule has 0 amide bonds. The van der Waals surface area contributed by atoms with Crippen molar-refractivity contribution in [3.05, 3.63) is 147 Å². The SMILES string of the molecule is CC(C)C1=C2C=C(C3=CC=C(C4=CC5=CC=CCC5C5=CCCC=C45)CC3)CCC2C(C(C)C)c2ccc3ccccc3c21. The molecular formula is C44H46. The molecule has 0 bridgehead atoms. The normalized spacial score (nSPS) is 26.0. The Morgan fingerprint density at radius 1 is 0.750 bits per heavy atom. The zero-order valence-corrected chi connectivity index (χ0v) is 27.0. The van der Waals surface area contributed by atoms with E-state index in [-0.39, 0.29) is 0 Å². The smallest absolute Gasteiger partial charge is 0.0127 e. The molecule has 222 valence electrons. The molecule has 0 fully saturated rings. The van der Waals surface area contributed by atoms with Gasteiger partial charge in [0.05, 0.1) is 0 Å². The summed E-state index contributed by atoms with van der Waals surface area (Å²) in [5.74, 6) is 2.85. The van der Waals surface area contributed by atoms with Crippen molar-refractivity contribution in [3.63, 3.8) is 0 Å². The van der Waals surface area contributed by atoms with Crippen LogP contribution in [0.3, 0.4) is 0 Å². The molecule has 2 aromatic rings. The molecule has 6 aliphatic carbocycles. The Morgan fingerprint density at radius 2 is 1.57 bits per heavy atom. The van der Waals surface area contributed by atoms with Crippen LogP contribution in [0.15, 0.2) is 136 Å². The molecule has 0 saturated carbocycles. The van der Waals surface area contributed by atoms with Crippen molar-refractivity contribution in [1.82, 2.24) is 0 Å². The monoisotopic (exact) mass is 574 g/mol. The number of fused-ring (bicyclic) bond motifs is 7. The van der Waals surface area contributed by atoms with Gasteiger partial charge < -0.3 is 0 Å². The lowest BCUT2D eigenvalue weighted by molar-refractivity contribution is 0.356. The van der Waals surface area contributed by atoms with Crippen LogP contribution in [-0.2, 0) is 0 Å². The first-order valence-corrected chi connectivity index (χ1v) is 17.4. The Labute approximate surface area is 264 Å². The summed E-state index contributed by atoms with van der Waals surface area (Å²) in [6.45, 7) is 9.72. The molecule has 0 N–H and O–H groups in total. The third-order valence-electron chi connectivity index (χ3n) is 11.4. The topological polar surface area (TPSA) is 0 Å². The first kappa shape index (κ1) is 27.9. The highest BCUT2D eigenvalue weighted by Crippen LogP contribution is 2.55. The van der Waals surface area contributed by atoms with E-state index in [4.69, 9.17) is 0 Å². The van der Waals surface area contributed by atoms with Crippen LogP contribution in [0.4, 0.5) is 0 Å². The second-order valence-corrected chi connectivity index (χ2v) is 14.5. The summed E-state index contributed by atoms with van der Waals surface area (Å²) in [4.78, 5) is 0. The summed E-state index contributed by atoms with van der Waals surface area (Å²) in [6, 6.07) is 13.9. The van der Waals surface area contributed by atoms with Gasteiger partial charge in [-0.3, -0.25) is 0 Å². The van der Waals surface area contributed by atoms with E-state index in [2.05, 4.69) is 119 Å². The Bertz CT molecular complexity index is 1830. The number of hydrogen-bond acceptors (Lipinski definition) is 0. The average molecular weight is 575 g/mol. The summed E-state index contributed by atoms with van der Waals surface area (Å²) >= 11 is 0. The van der Waals surface area contributed by atoms with Gasteiger partial charge in [0.25, 0.3) is 0 Å². The van der Waals surface area contributed by atoms with Crippen molar-refractivity contribution in [2.24, 2.45) is 23.7 Å². The molecule has 44 heavy (non-hydrogen) atoms. The minimum atomic E-state index is 0.490. The van der Waals surface area contributed by atoms with Crippen LogP contribution < -0.4 is 0 Å². The van der Waals surface area contributed by atoms with Crippen LogP contribution in [0.2, 0.25) is 0 Å². The van der Waals surface area contributed by atoms with Crippen molar-refractivity contribution in [2.45, 2.75) is 78.6 Å². The zero-order valence-electron chi connectivity index (χ0n) is 27.0. The largest absolute Gasteiger partial charge is 0.0836 e. The molecule has 0 nitrogen and oxygen atoms in total. The molecule has 0 radical (unpaired) electrons. The van der Waals surface area contributed by atoms with Crippen LogP contribution >= 0.6 is 0 Å². The number of hydrogen-bond donors (Lipinski definition) is 0. The molecule has 0 heteroatoms. The van der Waals surface area contributed by atoms with Crippen molar-refractivity contribution in [1.29, 1.82) is 0 Å². The van der Waals surface area contributed by atoms with E-state index in [0.29, 0.717) is 29.6 Å². The molecule has 3 unspecified atom stereocenters. The van der Waals surface area contributed by atoms with Crippen molar-refractivity contribution in [3.8, 4) is 0 Å². The third kappa shape index (κ3) is 4.48. The van der Waals surface area contributed by atoms with Crippen LogP contribution in [0.5, 0.6) is 0 Å². The fourth-order valence-corrected chi connectivity index (χ4v) is 9.44. The van der Waals surface area contributed by atoms with E-state index >= 15 is 0 Å². The molecule has 3 atom stereocenters. The van der Waals surface area contributed by atoms with Gasteiger partial charge in [0.15, 0.2) is 0 Å². The summed E-state index contributed by atoms with van der Waals surface area (Å²) in [5, 5.41) is 2.81. The van der Waals surface area contributed by atoms with Crippen LogP contribution in [-0.4, -0.2) is 0 Å². The molecule has 6 aliphatic rings. The van der Waals surface area contributed by atoms with Crippen LogP contribution in [0, 0.1) is 23.7 Å². The van der Waals surface area contributed by atoms with Gasteiger partial charge in [0.2, 0.25) is 0 Å². The van der Waals surface area contributed by atoms with E-state index in [1.807, 2.05) is 0 Å². The predicted molar refractivity (Wildman–Crippen MR) is 188 cm³/mol. The van der Waals surface area contributed by atoms with E-state index in [1.165, 1.54) is 58.7 Å². The molecular weight excluding hydrogens is 528 g/mol. The van der Waals surface area contributed by atoms with E-state index in [1.54, 1.807) is 39.0 Å². The predicted octanol–water partition coefficient (Wildman–Crippen LogP) is 12.1. The van der Waals surface area contributed by atoms with Crippen molar-refractivity contribution < 1.29 is 0 Å². The summed E-state index contributed by atoms with van der Waals surface area (Å²) in [5.41, 5.74) is 17.1. The van der Waals surface area contributed by atoms with Gasteiger partial charge in [-0.15, -0.1) is 0 Å². The molecule has 0 saturated heterocycles. The van der Waals surface area contributed by atoms with Crippen LogP contribution in [0.25, 0.3) is 16.3 Å². The summed E-state index contributed by atoms with van der Waals surface area (Å²) < 4.78 is 0. The molecule has 0 aliphatic heterocycles. The lowest BCUT2D eigenvalue weighted by Crippen LogP contribution is -2.29. The Hall–Kier alpha value is -3.64. The first-order valence-electron chi connectivity index (χ1n) is 17.4. The van der Waals surface area contributed by atoms with Crippen molar-refractivity contribution in [2.75, 3.05) is 0 Å². The van der Waals surface area contributed by atoms with Crippen molar-refractivity contribution >= 4 is 16.3 Å². The van der Waals surface area contributed by atoms with Gasteiger partial charge in [-0.25, -0.2) is 0 Å². The van der Waals surface area contributed by atoms with Gasteiger partial charge in [0.1, 0.15) is 0 Å². The van der Waals surface area contributed by atoms with Gasteiger partial charge in [-0.2, -0.15) is 0 Å². The highest BCUT2D eigenvalue weighted by molar-refractivity contribution is 5.98. The minimum Gasteiger partial charge on any atom is -0.0836 e. The maximum Gasteiger partial charge on any atom is 0.0127 e. The highest BCUT2D eigenvalue weighted by atomic mass is 14.4. The number of rotatable bonds is 4. The lowest BCUT2D eigenvalue weighted by Gasteiger charge is -2.43. The van der Waals surface area contributed by atoms with Gasteiger partial charge in [-0.05, 0) is 141 Å². The number of benzene rings is 2.